The third kappa shape index (κ3) is 4.85. The van der Waals surface area contributed by atoms with Crippen LogP contribution in [0.15, 0.2) is 47.1 Å². The Morgan fingerprint density at radius 3 is 2.78 bits per heavy atom. The minimum atomic E-state index is -0.563. The zero-order chi connectivity index (χ0) is 16.7. The molecule has 1 N–H and O–H groups in total. The van der Waals surface area contributed by atoms with E-state index in [1.807, 2.05) is 30.3 Å². The zero-order valence-corrected chi connectivity index (χ0v) is 13.8. The van der Waals surface area contributed by atoms with E-state index in [9.17, 15) is 9.59 Å². The number of nitrogens with zero attached hydrogens (tertiary/aromatic N) is 1. The van der Waals surface area contributed by atoms with E-state index in [0.717, 1.165) is 5.56 Å². The maximum absolute atomic E-state index is 11.9. The molecule has 0 spiro atoms. The van der Waals surface area contributed by atoms with E-state index in [-0.39, 0.29) is 12.6 Å². The molecule has 23 heavy (non-hydrogen) atoms. The summed E-state index contributed by atoms with van der Waals surface area (Å²) in [7, 11) is 1.33. The summed E-state index contributed by atoms with van der Waals surface area (Å²) in [4.78, 5) is 27.6. The monoisotopic (exact) mass is 334 g/mol. The van der Waals surface area contributed by atoms with Gasteiger partial charge in [0, 0.05) is 5.75 Å². The first-order valence-electron chi connectivity index (χ1n) is 7.07. The van der Waals surface area contributed by atoms with Gasteiger partial charge in [-0.3, -0.25) is 10.3 Å². The summed E-state index contributed by atoms with van der Waals surface area (Å²) in [6.07, 6.45) is 1.15. The molecular weight excluding hydrogens is 316 g/mol. The molecule has 2 rings (SSSR count). The normalized spacial score (nSPS) is 17.4. The molecule has 0 saturated carbocycles. The number of alkyl carbamates (subject to hydrolysis) is 1. The summed E-state index contributed by atoms with van der Waals surface area (Å²) in [6.45, 7) is 1.97. The molecule has 1 amide bonds. The van der Waals surface area contributed by atoms with Gasteiger partial charge in [0.25, 0.3) is 0 Å². The highest BCUT2D eigenvalue weighted by Crippen LogP contribution is 2.23. The number of hydrogen-bond acceptors (Lipinski definition) is 6. The lowest BCUT2D eigenvalue weighted by Gasteiger charge is -2.09. The van der Waals surface area contributed by atoms with E-state index in [1.165, 1.54) is 18.9 Å². The van der Waals surface area contributed by atoms with E-state index in [1.54, 1.807) is 13.0 Å². The molecule has 0 aromatic heterocycles. The number of nitrogens with one attached hydrogen (secondary N) is 1. The van der Waals surface area contributed by atoms with Crippen molar-refractivity contribution in [3.8, 4) is 0 Å². The summed E-state index contributed by atoms with van der Waals surface area (Å²) in [6, 6.07) is 8.88. The molecule has 0 bridgehead atoms. The predicted octanol–water partition coefficient (Wildman–Crippen LogP) is 2.50. The van der Waals surface area contributed by atoms with Crippen molar-refractivity contribution in [2.24, 2.45) is 4.99 Å². The summed E-state index contributed by atoms with van der Waals surface area (Å²) in [5.41, 5.74) is 1.43. The van der Waals surface area contributed by atoms with Crippen LogP contribution in [0.5, 0.6) is 0 Å². The average molecular weight is 334 g/mol. The highest BCUT2D eigenvalue weighted by atomic mass is 32.2. The maximum Gasteiger partial charge on any atom is 0.412 e. The molecule has 0 aliphatic carbocycles. The molecule has 0 fully saturated rings. The van der Waals surface area contributed by atoms with Crippen LogP contribution in [0.1, 0.15) is 12.5 Å². The Labute approximate surface area is 139 Å². The molecule has 122 valence electrons. The van der Waals surface area contributed by atoms with Gasteiger partial charge in [-0.1, -0.05) is 36.4 Å². The molecule has 6 nitrogen and oxygen atoms in total. The van der Waals surface area contributed by atoms with Crippen molar-refractivity contribution in [3.05, 3.63) is 47.7 Å². The standard InChI is InChI=1S/C16H18N2O4S/c1-3-12(14-17-13(10-23-14)15(19)21-2)18-16(20)22-9-11-7-5-4-6-8-11/h3-8,13H,9-10H2,1-2H3,(H,18,20)/b12-3-/t13-/m0/s1. The third-order valence-corrected chi connectivity index (χ3v) is 4.17. The fourth-order valence-corrected chi connectivity index (χ4v) is 2.95. The largest absolute Gasteiger partial charge is 0.467 e. The van der Waals surface area contributed by atoms with Crippen LogP contribution in [0.25, 0.3) is 0 Å². The molecule has 1 aliphatic heterocycles. The Balaban J connectivity index is 1.90. The highest BCUT2D eigenvalue weighted by molar-refractivity contribution is 8.14. The van der Waals surface area contributed by atoms with Gasteiger partial charge in [-0.2, -0.15) is 0 Å². The zero-order valence-electron chi connectivity index (χ0n) is 12.9. The topological polar surface area (TPSA) is 77.0 Å². The minimum absolute atomic E-state index is 0.189. The van der Waals surface area contributed by atoms with Crippen LogP contribution in [0, 0.1) is 0 Å². The van der Waals surface area contributed by atoms with Crippen molar-refractivity contribution in [1.82, 2.24) is 5.32 Å². The lowest BCUT2D eigenvalue weighted by Crippen LogP contribution is -2.26. The summed E-state index contributed by atoms with van der Waals surface area (Å²) < 4.78 is 9.84. The van der Waals surface area contributed by atoms with E-state index < -0.39 is 12.1 Å². The van der Waals surface area contributed by atoms with Crippen LogP contribution < -0.4 is 5.32 Å². The fourth-order valence-electron chi connectivity index (χ4n) is 1.90. The molecule has 7 heteroatoms. The van der Waals surface area contributed by atoms with Crippen molar-refractivity contribution >= 4 is 28.9 Å². The van der Waals surface area contributed by atoms with Crippen molar-refractivity contribution in [1.29, 1.82) is 0 Å². The molecule has 1 aliphatic rings. The molecule has 1 heterocycles. The van der Waals surface area contributed by atoms with Crippen molar-refractivity contribution in [2.75, 3.05) is 12.9 Å². The third-order valence-electron chi connectivity index (χ3n) is 3.09. The maximum atomic E-state index is 11.9. The quantitative estimate of drug-likeness (QED) is 0.837. The van der Waals surface area contributed by atoms with Crippen LogP contribution in [-0.4, -0.2) is 36.0 Å². The first kappa shape index (κ1) is 17.1. The predicted molar refractivity (Wildman–Crippen MR) is 89.2 cm³/mol. The number of methoxy groups -OCH3 is 1. The Hall–Kier alpha value is -2.28. The molecule has 0 radical (unpaired) electrons. The van der Waals surface area contributed by atoms with E-state index in [4.69, 9.17) is 4.74 Å². The number of thioether (sulfide) groups is 1. The van der Waals surface area contributed by atoms with Crippen LogP contribution in [0.3, 0.4) is 0 Å². The molecule has 1 aromatic carbocycles. The van der Waals surface area contributed by atoms with E-state index >= 15 is 0 Å². The second-order valence-corrected chi connectivity index (χ2v) is 5.68. The first-order chi connectivity index (χ1) is 11.1. The number of carbonyl (C=O) groups is 2. The van der Waals surface area contributed by atoms with E-state index in [0.29, 0.717) is 16.5 Å². The molecule has 0 saturated heterocycles. The van der Waals surface area contributed by atoms with Crippen molar-refractivity contribution in [2.45, 2.75) is 19.6 Å². The van der Waals surface area contributed by atoms with Crippen LogP contribution in [0.4, 0.5) is 4.79 Å². The SMILES string of the molecule is C/C=C(\NC(=O)OCc1ccccc1)C1=N[C@H](C(=O)OC)CS1. The minimum Gasteiger partial charge on any atom is -0.467 e. The van der Waals surface area contributed by atoms with Crippen LogP contribution >= 0.6 is 11.8 Å². The van der Waals surface area contributed by atoms with Crippen molar-refractivity contribution in [3.63, 3.8) is 0 Å². The summed E-state index contributed by atoms with van der Waals surface area (Å²) >= 11 is 1.39. The number of carbonyl (C=O) groups excluding carboxylic acids is 2. The Morgan fingerprint density at radius 2 is 2.13 bits per heavy atom. The smallest absolute Gasteiger partial charge is 0.412 e. The number of aliphatic imine (C=N–C) groups is 1. The second-order valence-electron chi connectivity index (χ2n) is 4.67. The Bertz CT molecular complexity index is 628. The molecular formula is C16H18N2O4S. The van der Waals surface area contributed by atoms with Gasteiger partial charge in [-0.05, 0) is 12.5 Å². The Morgan fingerprint density at radius 1 is 1.39 bits per heavy atom. The van der Waals surface area contributed by atoms with Crippen LogP contribution in [0.2, 0.25) is 0 Å². The summed E-state index contributed by atoms with van der Waals surface area (Å²) in [5, 5.41) is 3.25. The van der Waals surface area contributed by atoms with Gasteiger partial charge in [-0.25, -0.2) is 9.59 Å². The average Bonchev–Trinajstić information content (AvgIpc) is 3.08. The summed E-state index contributed by atoms with van der Waals surface area (Å²) in [5.74, 6) is 0.120. The lowest BCUT2D eigenvalue weighted by molar-refractivity contribution is -0.141. The molecule has 0 unspecified atom stereocenters. The molecule has 1 atom stereocenters. The number of amides is 1. The fraction of sp³-hybridized carbons (Fsp3) is 0.312. The van der Waals surface area contributed by atoms with E-state index in [2.05, 4.69) is 15.0 Å². The number of ether oxygens (including phenoxy) is 2. The lowest BCUT2D eigenvalue weighted by atomic mass is 10.2. The van der Waals surface area contributed by atoms with Gasteiger partial charge < -0.3 is 9.47 Å². The number of allylic oxidation sites excluding steroid dienone is 1. The second kappa shape index (κ2) is 8.38. The van der Waals surface area contributed by atoms with Gasteiger partial charge in [0.1, 0.15) is 11.7 Å². The van der Waals surface area contributed by atoms with Gasteiger partial charge in [0.2, 0.25) is 0 Å². The Kier molecular flexibility index (Phi) is 6.22. The number of rotatable bonds is 5. The van der Waals surface area contributed by atoms with Gasteiger partial charge in [-0.15, -0.1) is 11.8 Å². The van der Waals surface area contributed by atoms with Gasteiger partial charge in [0.15, 0.2) is 6.04 Å². The highest BCUT2D eigenvalue weighted by Gasteiger charge is 2.27. The number of esters is 1. The number of hydrogen-bond donors (Lipinski definition) is 1. The first-order valence-corrected chi connectivity index (χ1v) is 8.05. The van der Waals surface area contributed by atoms with Gasteiger partial charge in [0.05, 0.1) is 12.8 Å². The van der Waals surface area contributed by atoms with Crippen LogP contribution in [-0.2, 0) is 20.9 Å². The van der Waals surface area contributed by atoms with Crippen molar-refractivity contribution < 1.29 is 19.1 Å². The molecule has 1 aromatic rings. The van der Waals surface area contributed by atoms with Gasteiger partial charge >= 0.3 is 12.1 Å². The number of benzene rings is 1.